The van der Waals surface area contributed by atoms with Crippen molar-refractivity contribution in [1.82, 2.24) is 30.7 Å². The summed E-state index contributed by atoms with van der Waals surface area (Å²) in [6.07, 6.45) is 8.70. The van der Waals surface area contributed by atoms with Gasteiger partial charge in [-0.3, -0.25) is 5.10 Å². The fourth-order valence-corrected chi connectivity index (χ4v) is 4.72. The first-order valence-electron chi connectivity index (χ1n) is 10.4. The minimum atomic E-state index is -0.101. The summed E-state index contributed by atoms with van der Waals surface area (Å²) >= 11 is 0. The highest BCUT2D eigenvalue weighted by Crippen LogP contribution is 2.37. The van der Waals surface area contributed by atoms with E-state index in [-0.39, 0.29) is 16.8 Å². The number of benzene rings is 1. The van der Waals surface area contributed by atoms with E-state index < -0.39 is 0 Å². The Labute approximate surface area is 180 Å². The van der Waals surface area contributed by atoms with E-state index in [0.29, 0.717) is 11.3 Å². The zero-order valence-electron chi connectivity index (χ0n) is 18.1. The summed E-state index contributed by atoms with van der Waals surface area (Å²) in [4.78, 5) is 3.35. The third-order valence-corrected chi connectivity index (χ3v) is 5.70. The second-order valence-electron chi connectivity index (χ2n) is 9.49. The molecule has 0 amide bonds. The van der Waals surface area contributed by atoms with Crippen LogP contribution in [0.5, 0.6) is 5.75 Å². The Morgan fingerprint density at radius 3 is 2.52 bits per heavy atom. The number of phenols is 1. The number of aromatic amines is 2. The molecule has 5 rings (SSSR count). The Morgan fingerprint density at radius 1 is 0.968 bits per heavy atom. The summed E-state index contributed by atoms with van der Waals surface area (Å²) in [5, 5.41) is 30.0. The molecule has 1 aromatic carbocycles. The van der Waals surface area contributed by atoms with E-state index in [1.54, 1.807) is 18.5 Å². The van der Waals surface area contributed by atoms with Crippen molar-refractivity contribution in [2.45, 2.75) is 45.2 Å². The minimum absolute atomic E-state index is 0.00688. The van der Waals surface area contributed by atoms with Gasteiger partial charge >= 0.3 is 0 Å². The summed E-state index contributed by atoms with van der Waals surface area (Å²) < 4.78 is 0. The van der Waals surface area contributed by atoms with Crippen molar-refractivity contribution in [1.29, 1.82) is 0 Å². The maximum Gasteiger partial charge on any atom is 0.125 e. The molecule has 0 spiro atoms. The second kappa shape index (κ2) is 6.78. The van der Waals surface area contributed by atoms with Crippen LogP contribution in [0, 0.1) is 0 Å². The van der Waals surface area contributed by atoms with Crippen molar-refractivity contribution >= 4 is 16.6 Å². The molecule has 0 aliphatic carbocycles. The van der Waals surface area contributed by atoms with E-state index in [0.717, 1.165) is 34.1 Å². The lowest BCUT2D eigenvalue weighted by Crippen LogP contribution is -2.53. The molecular weight excluding hydrogens is 388 g/mol. The van der Waals surface area contributed by atoms with Gasteiger partial charge in [-0.2, -0.15) is 5.10 Å². The highest BCUT2D eigenvalue weighted by Gasteiger charge is 2.33. The monoisotopic (exact) mass is 414 g/mol. The Balaban J connectivity index is 1.53. The van der Waals surface area contributed by atoms with Crippen molar-refractivity contribution in [2.75, 3.05) is 0 Å². The maximum atomic E-state index is 10.6. The Hall–Kier alpha value is -3.45. The Bertz CT molecular complexity index is 1300. The largest absolute Gasteiger partial charge is 0.507 e. The van der Waals surface area contributed by atoms with E-state index in [9.17, 15) is 5.11 Å². The van der Waals surface area contributed by atoms with E-state index in [2.05, 4.69) is 64.5 Å². The molecule has 4 heterocycles. The van der Waals surface area contributed by atoms with Crippen LogP contribution in [0.3, 0.4) is 0 Å². The molecule has 3 aromatic heterocycles. The van der Waals surface area contributed by atoms with Gasteiger partial charge in [-0.1, -0.05) is 12.1 Å². The van der Waals surface area contributed by atoms with Gasteiger partial charge in [0.25, 0.3) is 0 Å². The zero-order valence-corrected chi connectivity index (χ0v) is 18.1. The smallest absolute Gasteiger partial charge is 0.125 e. The topological polar surface area (TPSA) is 103 Å². The lowest BCUT2D eigenvalue weighted by Gasteiger charge is -2.41. The molecule has 0 radical (unpaired) electrons. The quantitative estimate of drug-likeness (QED) is 0.391. The third-order valence-electron chi connectivity index (χ3n) is 5.70. The van der Waals surface area contributed by atoms with E-state index in [4.69, 9.17) is 0 Å². The summed E-state index contributed by atoms with van der Waals surface area (Å²) in [7, 11) is 0. The molecular formula is C24H26N6O. The Kier molecular flexibility index (Phi) is 4.27. The lowest BCUT2D eigenvalue weighted by molar-refractivity contribution is 0.297. The van der Waals surface area contributed by atoms with Gasteiger partial charge in [-0.05, 0) is 63.5 Å². The summed E-state index contributed by atoms with van der Waals surface area (Å²) in [5.74, 6) is 0.156. The first-order chi connectivity index (χ1) is 14.7. The molecule has 0 saturated heterocycles. The van der Waals surface area contributed by atoms with Crippen LogP contribution in [0.15, 0.2) is 48.9 Å². The number of hydrogen-bond acceptors (Lipinski definition) is 5. The molecule has 31 heavy (non-hydrogen) atoms. The molecule has 4 N–H and O–H groups in total. The van der Waals surface area contributed by atoms with Gasteiger partial charge in [0.15, 0.2) is 0 Å². The number of rotatable bonds is 3. The van der Waals surface area contributed by atoms with E-state index in [1.165, 1.54) is 5.57 Å². The molecule has 0 atom stereocenters. The van der Waals surface area contributed by atoms with Crippen LogP contribution >= 0.6 is 0 Å². The van der Waals surface area contributed by atoms with Crippen LogP contribution in [0.25, 0.3) is 39.0 Å². The predicted molar refractivity (Wildman–Crippen MR) is 122 cm³/mol. The van der Waals surface area contributed by atoms with Crippen LogP contribution in [-0.2, 0) is 0 Å². The van der Waals surface area contributed by atoms with E-state index >= 15 is 0 Å². The van der Waals surface area contributed by atoms with Crippen LogP contribution < -0.4 is 5.32 Å². The van der Waals surface area contributed by atoms with Gasteiger partial charge in [0.1, 0.15) is 11.3 Å². The van der Waals surface area contributed by atoms with Crippen LogP contribution in [0.2, 0.25) is 0 Å². The van der Waals surface area contributed by atoms with Gasteiger partial charge in [0, 0.05) is 40.2 Å². The van der Waals surface area contributed by atoms with Crippen LogP contribution in [0.1, 0.15) is 39.7 Å². The normalized spacial score (nSPS) is 17.6. The van der Waals surface area contributed by atoms with Gasteiger partial charge in [-0.25, -0.2) is 0 Å². The molecule has 7 heteroatoms. The molecule has 0 bridgehead atoms. The molecule has 0 fully saturated rings. The minimum Gasteiger partial charge on any atom is -0.507 e. The summed E-state index contributed by atoms with van der Waals surface area (Å²) in [6, 6.07) is 7.46. The lowest BCUT2D eigenvalue weighted by atomic mass is 9.81. The number of aromatic nitrogens is 5. The number of phenolic OH excluding ortho intramolecular Hbond substituents is 1. The van der Waals surface area contributed by atoms with Crippen LogP contribution in [-0.4, -0.2) is 41.6 Å². The number of hydrogen-bond donors (Lipinski definition) is 4. The second-order valence-corrected chi connectivity index (χ2v) is 9.49. The summed E-state index contributed by atoms with van der Waals surface area (Å²) in [5.41, 5.74) is 7.03. The van der Waals surface area contributed by atoms with Crippen molar-refractivity contribution in [3.8, 4) is 28.1 Å². The van der Waals surface area contributed by atoms with Gasteiger partial charge < -0.3 is 15.4 Å². The van der Waals surface area contributed by atoms with Gasteiger partial charge in [0.05, 0.1) is 17.4 Å². The van der Waals surface area contributed by atoms with Crippen molar-refractivity contribution in [3.05, 3.63) is 54.5 Å². The number of nitrogens with zero attached hydrogens (tertiary/aromatic N) is 3. The highest BCUT2D eigenvalue weighted by molar-refractivity contribution is 5.91. The standard InChI is InChI=1S/C24H26N6O/c1-23(2)9-15(10-24(3,4)30-23)18-13-25-20-8-19(28-29-22(18)20)17-6-5-14(7-21(17)31)16-11-26-27-12-16/h5-9,11-13,25,30-31H,10H2,1-4H3,(H,26,27). The SMILES string of the molecule is CC1(C)C=C(c2c[nH]c3cc(-c4ccc(-c5cn[nH]c5)cc4O)nnc23)CC(C)(C)N1. The van der Waals surface area contributed by atoms with Crippen LogP contribution in [0.4, 0.5) is 0 Å². The number of nitrogens with one attached hydrogen (secondary N) is 3. The molecule has 0 unspecified atom stereocenters. The molecule has 1 aliphatic rings. The highest BCUT2D eigenvalue weighted by atomic mass is 16.3. The van der Waals surface area contributed by atoms with Gasteiger partial charge in [-0.15, -0.1) is 10.2 Å². The fraction of sp³-hybridized carbons (Fsp3) is 0.292. The van der Waals surface area contributed by atoms with Crippen molar-refractivity contribution in [3.63, 3.8) is 0 Å². The molecule has 1 aliphatic heterocycles. The Morgan fingerprint density at radius 2 is 1.81 bits per heavy atom. The zero-order chi connectivity index (χ0) is 21.8. The number of aromatic hydroxyl groups is 1. The maximum absolute atomic E-state index is 10.6. The molecule has 158 valence electrons. The first kappa shape index (κ1) is 19.5. The predicted octanol–water partition coefficient (Wildman–Crippen LogP) is 4.65. The van der Waals surface area contributed by atoms with Gasteiger partial charge in [0.2, 0.25) is 0 Å². The summed E-state index contributed by atoms with van der Waals surface area (Å²) in [6.45, 7) is 8.80. The molecule has 4 aromatic rings. The number of H-pyrrole nitrogens is 2. The average Bonchev–Trinajstić information content (AvgIpc) is 3.35. The fourth-order valence-electron chi connectivity index (χ4n) is 4.72. The van der Waals surface area contributed by atoms with Crippen molar-refractivity contribution in [2.24, 2.45) is 0 Å². The van der Waals surface area contributed by atoms with E-state index in [1.807, 2.05) is 24.4 Å². The molecule has 0 saturated carbocycles. The number of fused-ring (bicyclic) bond motifs is 1. The molecule has 7 nitrogen and oxygen atoms in total. The average molecular weight is 415 g/mol. The first-order valence-corrected chi connectivity index (χ1v) is 10.4. The third kappa shape index (κ3) is 3.61. The van der Waals surface area contributed by atoms with Crippen molar-refractivity contribution < 1.29 is 5.11 Å².